The molecule has 1 atom stereocenters. The number of rotatable bonds is 4. The van der Waals surface area contributed by atoms with Crippen LogP contribution in [0.25, 0.3) is 0 Å². The second-order valence-corrected chi connectivity index (χ2v) is 5.21. The molecule has 0 bridgehead atoms. The Labute approximate surface area is 137 Å². The first-order chi connectivity index (χ1) is 11.4. The van der Waals surface area contributed by atoms with Gasteiger partial charge in [0.05, 0.1) is 11.8 Å². The first kappa shape index (κ1) is 17.6. The SMILES string of the molecule is Cc1ccc(F)c(NC(=O)C(=O)NCC(O)c2ccc(F)cc2)c1. The molecule has 2 amide bonds. The Hall–Kier alpha value is -2.80. The number of hydrogen-bond donors (Lipinski definition) is 3. The van der Waals surface area contributed by atoms with Crippen LogP contribution in [0.4, 0.5) is 14.5 Å². The van der Waals surface area contributed by atoms with Crippen molar-refractivity contribution in [2.45, 2.75) is 13.0 Å². The zero-order valence-corrected chi connectivity index (χ0v) is 12.8. The van der Waals surface area contributed by atoms with Gasteiger partial charge in [0.2, 0.25) is 0 Å². The van der Waals surface area contributed by atoms with Crippen molar-refractivity contribution in [1.82, 2.24) is 5.32 Å². The van der Waals surface area contributed by atoms with Gasteiger partial charge in [0.15, 0.2) is 0 Å². The summed E-state index contributed by atoms with van der Waals surface area (Å²) in [5.74, 6) is -3.18. The van der Waals surface area contributed by atoms with Gasteiger partial charge in [0.1, 0.15) is 11.6 Å². The molecule has 2 aromatic carbocycles. The number of hydrogen-bond acceptors (Lipinski definition) is 3. The van der Waals surface area contributed by atoms with Gasteiger partial charge in [0.25, 0.3) is 0 Å². The zero-order chi connectivity index (χ0) is 17.7. The summed E-state index contributed by atoms with van der Waals surface area (Å²) < 4.78 is 26.3. The third kappa shape index (κ3) is 4.60. The van der Waals surface area contributed by atoms with Crippen LogP contribution in [0.2, 0.25) is 0 Å². The van der Waals surface area contributed by atoms with Crippen LogP contribution in [0.3, 0.4) is 0 Å². The molecular formula is C17H16F2N2O3. The Morgan fingerprint density at radius 2 is 1.75 bits per heavy atom. The van der Waals surface area contributed by atoms with Crippen LogP contribution >= 0.6 is 0 Å². The maximum Gasteiger partial charge on any atom is 0.313 e. The topological polar surface area (TPSA) is 78.4 Å². The Bertz CT molecular complexity index is 748. The van der Waals surface area contributed by atoms with E-state index in [2.05, 4.69) is 10.6 Å². The lowest BCUT2D eigenvalue weighted by Gasteiger charge is -2.12. The average molecular weight is 334 g/mol. The number of carbonyl (C=O) groups is 2. The number of aliphatic hydroxyl groups is 1. The maximum absolute atomic E-state index is 13.5. The van der Waals surface area contributed by atoms with Crippen molar-refractivity contribution in [2.24, 2.45) is 0 Å². The number of benzene rings is 2. The minimum atomic E-state index is -1.10. The van der Waals surface area contributed by atoms with Gasteiger partial charge < -0.3 is 15.7 Å². The second-order valence-electron chi connectivity index (χ2n) is 5.21. The number of halogens is 2. The molecule has 0 aliphatic rings. The van der Waals surface area contributed by atoms with Gasteiger partial charge in [-0.3, -0.25) is 9.59 Å². The fourth-order valence-corrected chi connectivity index (χ4v) is 1.99. The summed E-state index contributed by atoms with van der Waals surface area (Å²) in [5.41, 5.74) is 1.01. The largest absolute Gasteiger partial charge is 0.387 e. The van der Waals surface area contributed by atoms with Gasteiger partial charge in [-0.15, -0.1) is 0 Å². The van der Waals surface area contributed by atoms with E-state index in [0.29, 0.717) is 5.56 Å². The van der Waals surface area contributed by atoms with E-state index in [9.17, 15) is 23.5 Å². The van der Waals surface area contributed by atoms with Crippen molar-refractivity contribution in [3.63, 3.8) is 0 Å². The summed E-state index contributed by atoms with van der Waals surface area (Å²) in [7, 11) is 0. The highest BCUT2D eigenvalue weighted by Gasteiger charge is 2.17. The summed E-state index contributed by atoms with van der Waals surface area (Å²) in [6.45, 7) is 1.47. The first-order valence-corrected chi connectivity index (χ1v) is 7.15. The highest BCUT2D eigenvalue weighted by molar-refractivity contribution is 6.39. The summed E-state index contributed by atoms with van der Waals surface area (Å²) in [6, 6.07) is 9.20. The van der Waals surface area contributed by atoms with E-state index in [4.69, 9.17) is 0 Å². The number of carbonyl (C=O) groups excluding carboxylic acids is 2. The third-order valence-corrected chi connectivity index (χ3v) is 3.29. The molecule has 24 heavy (non-hydrogen) atoms. The van der Waals surface area contributed by atoms with Crippen molar-refractivity contribution in [1.29, 1.82) is 0 Å². The van der Waals surface area contributed by atoms with Crippen LogP contribution < -0.4 is 10.6 Å². The summed E-state index contributed by atoms with van der Waals surface area (Å²) >= 11 is 0. The fourth-order valence-electron chi connectivity index (χ4n) is 1.99. The monoisotopic (exact) mass is 334 g/mol. The van der Waals surface area contributed by atoms with E-state index in [0.717, 1.165) is 5.56 Å². The molecule has 7 heteroatoms. The number of nitrogens with one attached hydrogen (secondary N) is 2. The molecule has 1 unspecified atom stereocenters. The summed E-state index contributed by atoms with van der Waals surface area (Å²) in [6.07, 6.45) is -1.10. The van der Waals surface area contributed by atoms with Crippen molar-refractivity contribution in [3.05, 3.63) is 65.2 Å². The van der Waals surface area contributed by atoms with Gasteiger partial charge in [-0.2, -0.15) is 0 Å². The quantitative estimate of drug-likeness (QED) is 0.749. The lowest BCUT2D eigenvalue weighted by Crippen LogP contribution is -2.37. The summed E-state index contributed by atoms with van der Waals surface area (Å²) in [4.78, 5) is 23.5. The maximum atomic E-state index is 13.5. The van der Waals surface area contributed by atoms with Crippen molar-refractivity contribution in [2.75, 3.05) is 11.9 Å². The zero-order valence-electron chi connectivity index (χ0n) is 12.8. The van der Waals surface area contributed by atoms with Gasteiger partial charge in [-0.05, 0) is 42.3 Å². The van der Waals surface area contributed by atoms with Crippen LogP contribution in [0, 0.1) is 18.6 Å². The van der Waals surface area contributed by atoms with Crippen LogP contribution in [0.5, 0.6) is 0 Å². The molecule has 126 valence electrons. The molecule has 0 spiro atoms. The van der Waals surface area contributed by atoms with Crippen molar-refractivity contribution < 1.29 is 23.5 Å². The normalized spacial score (nSPS) is 11.7. The first-order valence-electron chi connectivity index (χ1n) is 7.15. The molecular weight excluding hydrogens is 318 g/mol. The molecule has 2 rings (SSSR count). The van der Waals surface area contributed by atoms with Crippen LogP contribution in [0.1, 0.15) is 17.2 Å². The van der Waals surface area contributed by atoms with E-state index in [-0.39, 0.29) is 12.2 Å². The molecule has 0 aliphatic carbocycles. The van der Waals surface area contributed by atoms with Gasteiger partial charge in [0, 0.05) is 6.54 Å². The van der Waals surface area contributed by atoms with Crippen molar-refractivity contribution in [3.8, 4) is 0 Å². The molecule has 0 aromatic heterocycles. The molecule has 0 heterocycles. The number of aryl methyl sites for hydroxylation is 1. The Morgan fingerprint density at radius 3 is 2.42 bits per heavy atom. The van der Waals surface area contributed by atoms with E-state index >= 15 is 0 Å². The third-order valence-electron chi connectivity index (χ3n) is 3.29. The van der Waals surface area contributed by atoms with E-state index in [1.807, 2.05) is 0 Å². The molecule has 5 nitrogen and oxygen atoms in total. The number of aliphatic hydroxyl groups excluding tert-OH is 1. The van der Waals surface area contributed by atoms with Crippen molar-refractivity contribution >= 4 is 17.5 Å². The minimum absolute atomic E-state index is 0.103. The molecule has 0 aliphatic heterocycles. The van der Waals surface area contributed by atoms with Gasteiger partial charge >= 0.3 is 11.8 Å². The predicted molar refractivity (Wildman–Crippen MR) is 84.1 cm³/mol. The summed E-state index contributed by atoms with van der Waals surface area (Å²) in [5, 5.41) is 14.3. The van der Waals surface area contributed by atoms with E-state index in [1.54, 1.807) is 6.92 Å². The van der Waals surface area contributed by atoms with Gasteiger partial charge in [-0.1, -0.05) is 18.2 Å². The van der Waals surface area contributed by atoms with E-state index in [1.165, 1.54) is 42.5 Å². The lowest BCUT2D eigenvalue weighted by atomic mass is 10.1. The minimum Gasteiger partial charge on any atom is -0.387 e. The molecule has 3 N–H and O–H groups in total. The standard InChI is InChI=1S/C17H16F2N2O3/c1-10-2-7-13(19)14(8-10)21-17(24)16(23)20-9-15(22)11-3-5-12(18)6-4-11/h2-8,15,22H,9H2,1H3,(H,20,23)(H,21,24). The Balaban J connectivity index is 1.90. The Kier molecular flexibility index (Phi) is 5.59. The number of amides is 2. The molecule has 0 radical (unpaired) electrons. The van der Waals surface area contributed by atoms with Crippen LogP contribution in [0.15, 0.2) is 42.5 Å². The molecule has 2 aromatic rings. The van der Waals surface area contributed by atoms with Gasteiger partial charge in [-0.25, -0.2) is 8.78 Å². The van der Waals surface area contributed by atoms with Crippen LogP contribution in [-0.4, -0.2) is 23.5 Å². The highest BCUT2D eigenvalue weighted by Crippen LogP contribution is 2.15. The smallest absolute Gasteiger partial charge is 0.313 e. The van der Waals surface area contributed by atoms with Crippen LogP contribution in [-0.2, 0) is 9.59 Å². The predicted octanol–water partition coefficient (Wildman–Crippen LogP) is 2.06. The average Bonchev–Trinajstić information content (AvgIpc) is 2.56. The second kappa shape index (κ2) is 7.65. The highest BCUT2D eigenvalue weighted by atomic mass is 19.1. The molecule has 0 saturated heterocycles. The number of anilines is 1. The molecule has 0 saturated carbocycles. The fraction of sp³-hybridized carbons (Fsp3) is 0.176. The Morgan fingerprint density at radius 1 is 1.08 bits per heavy atom. The molecule has 0 fully saturated rings. The van der Waals surface area contributed by atoms with E-state index < -0.39 is 29.6 Å². The lowest BCUT2D eigenvalue weighted by molar-refractivity contribution is -0.136.